The maximum absolute atomic E-state index is 5.99. The minimum atomic E-state index is 0.427. The first-order chi connectivity index (χ1) is 9.88. The number of nitrogens with one attached hydrogen (secondary N) is 1. The van der Waals surface area contributed by atoms with Gasteiger partial charge in [0.25, 0.3) is 0 Å². The third-order valence-electron chi connectivity index (χ3n) is 4.02. The number of hydrogen-bond donors (Lipinski definition) is 1. The lowest BCUT2D eigenvalue weighted by atomic mass is 10.1. The minimum Gasteiger partial charge on any atom is -0.378 e. The van der Waals surface area contributed by atoms with Crippen molar-refractivity contribution in [3.63, 3.8) is 0 Å². The Morgan fingerprint density at radius 2 is 2.10 bits per heavy atom. The second-order valence-electron chi connectivity index (χ2n) is 5.33. The lowest BCUT2D eigenvalue weighted by Gasteiger charge is -2.22. The Balaban J connectivity index is 1.64. The van der Waals surface area contributed by atoms with E-state index in [0.717, 1.165) is 56.8 Å². The summed E-state index contributed by atoms with van der Waals surface area (Å²) in [6.07, 6.45) is 3.58. The van der Waals surface area contributed by atoms with Gasteiger partial charge in [-0.3, -0.25) is 0 Å². The van der Waals surface area contributed by atoms with Crippen LogP contribution < -0.4 is 5.32 Å². The molecule has 0 bridgehead atoms. The van der Waals surface area contributed by atoms with Crippen molar-refractivity contribution >= 4 is 11.0 Å². The maximum atomic E-state index is 5.99. The number of rotatable bonds is 5. The van der Waals surface area contributed by atoms with Crippen LogP contribution in [0.1, 0.15) is 25.6 Å². The van der Waals surface area contributed by atoms with Gasteiger partial charge < -0.3 is 14.6 Å². The number of piperidine rings is 1. The van der Waals surface area contributed by atoms with E-state index in [1.54, 1.807) is 0 Å². The fourth-order valence-electron chi connectivity index (χ4n) is 2.95. The molecule has 1 saturated heterocycles. The molecule has 0 spiro atoms. The Morgan fingerprint density at radius 3 is 2.90 bits per heavy atom. The van der Waals surface area contributed by atoms with Crippen LogP contribution in [0.5, 0.6) is 0 Å². The number of ether oxygens (including phenoxy) is 1. The SMILES string of the molecule is CCn1c(CCOC2CCNCC2)nc2ccccc21. The fourth-order valence-corrected chi connectivity index (χ4v) is 2.95. The Kier molecular flexibility index (Phi) is 4.33. The molecule has 4 heteroatoms. The number of aromatic nitrogens is 2. The van der Waals surface area contributed by atoms with Crippen LogP contribution in [0.15, 0.2) is 24.3 Å². The van der Waals surface area contributed by atoms with Gasteiger partial charge in [-0.1, -0.05) is 12.1 Å². The molecule has 1 N–H and O–H groups in total. The smallest absolute Gasteiger partial charge is 0.112 e. The molecule has 20 heavy (non-hydrogen) atoms. The van der Waals surface area contributed by atoms with Gasteiger partial charge in [0.15, 0.2) is 0 Å². The van der Waals surface area contributed by atoms with Gasteiger partial charge in [-0.2, -0.15) is 0 Å². The molecule has 0 radical (unpaired) electrons. The van der Waals surface area contributed by atoms with Crippen molar-refractivity contribution in [3.8, 4) is 0 Å². The van der Waals surface area contributed by atoms with Crippen LogP contribution in [-0.4, -0.2) is 35.4 Å². The predicted octanol–water partition coefficient (Wildman–Crippen LogP) is 2.37. The van der Waals surface area contributed by atoms with Gasteiger partial charge in [-0.15, -0.1) is 0 Å². The molecule has 3 rings (SSSR count). The fraction of sp³-hybridized carbons (Fsp3) is 0.562. The van der Waals surface area contributed by atoms with Crippen molar-refractivity contribution in [1.29, 1.82) is 0 Å². The summed E-state index contributed by atoms with van der Waals surface area (Å²) in [5.41, 5.74) is 2.32. The van der Waals surface area contributed by atoms with Gasteiger partial charge in [-0.05, 0) is 45.0 Å². The van der Waals surface area contributed by atoms with Crippen LogP contribution in [0.2, 0.25) is 0 Å². The van der Waals surface area contributed by atoms with E-state index < -0.39 is 0 Å². The van der Waals surface area contributed by atoms with Crippen LogP contribution in [0.25, 0.3) is 11.0 Å². The van der Waals surface area contributed by atoms with Crippen molar-refractivity contribution in [2.75, 3.05) is 19.7 Å². The largest absolute Gasteiger partial charge is 0.378 e. The van der Waals surface area contributed by atoms with Crippen molar-refractivity contribution < 1.29 is 4.74 Å². The van der Waals surface area contributed by atoms with Gasteiger partial charge in [0, 0.05) is 13.0 Å². The van der Waals surface area contributed by atoms with E-state index in [2.05, 4.69) is 35.0 Å². The van der Waals surface area contributed by atoms with Crippen molar-refractivity contribution in [3.05, 3.63) is 30.1 Å². The summed E-state index contributed by atoms with van der Waals surface area (Å²) in [5.74, 6) is 1.14. The molecule has 108 valence electrons. The molecule has 0 unspecified atom stereocenters. The number of hydrogen-bond acceptors (Lipinski definition) is 3. The van der Waals surface area contributed by atoms with Gasteiger partial charge in [0.05, 0.1) is 23.7 Å². The average molecular weight is 273 g/mol. The van der Waals surface area contributed by atoms with Crippen molar-refractivity contribution in [2.45, 2.75) is 38.8 Å². The Hall–Kier alpha value is -1.39. The lowest BCUT2D eigenvalue weighted by molar-refractivity contribution is 0.0340. The third kappa shape index (κ3) is 2.86. The average Bonchev–Trinajstić information content (AvgIpc) is 2.86. The van der Waals surface area contributed by atoms with Crippen molar-refractivity contribution in [1.82, 2.24) is 14.9 Å². The Bertz CT molecular complexity index is 558. The van der Waals surface area contributed by atoms with Crippen LogP contribution >= 0.6 is 0 Å². The van der Waals surface area contributed by atoms with Crippen LogP contribution in [0, 0.1) is 0 Å². The second kappa shape index (κ2) is 6.37. The Labute approximate surface area is 120 Å². The van der Waals surface area contributed by atoms with E-state index in [1.807, 2.05) is 6.07 Å². The number of benzene rings is 1. The molecule has 1 aromatic heterocycles. The second-order valence-corrected chi connectivity index (χ2v) is 5.33. The summed E-state index contributed by atoms with van der Waals surface area (Å²) >= 11 is 0. The first kappa shape index (κ1) is 13.6. The van der Waals surface area contributed by atoms with Gasteiger partial charge in [0.2, 0.25) is 0 Å². The molecule has 1 aliphatic heterocycles. The number of imidazole rings is 1. The molecule has 0 amide bonds. The molecule has 1 aliphatic rings. The van der Waals surface area contributed by atoms with Gasteiger partial charge in [0.1, 0.15) is 5.82 Å². The quantitative estimate of drug-likeness (QED) is 0.909. The van der Waals surface area contributed by atoms with Crippen LogP contribution in [-0.2, 0) is 17.7 Å². The molecule has 1 fully saturated rings. The summed E-state index contributed by atoms with van der Waals surface area (Å²) in [6.45, 7) is 6.07. The molecular formula is C16H23N3O. The number of fused-ring (bicyclic) bond motifs is 1. The zero-order valence-electron chi connectivity index (χ0n) is 12.1. The monoisotopic (exact) mass is 273 g/mol. The summed E-state index contributed by atoms with van der Waals surface area (Å²) in [4.78, 5) is 4.74. The van der Waals surface area contributed by atoms with E-state index in [4.69, 9.17) is 9.72 Å². The molecular weight excluding hydrogens is 250 g/mol. The third-order valence-corrected chi connectivity index (χ3v) is 4.02. The van der Waals surface area contributed by atoms with E-state index in [9.17, 15) is 0 Å². The summed E-state index contributed by atoms with van der Waals surface area (Å²) in [5, 5.41) is 3.36. The number of para-hydroxylation sites is 2. The zero-order valence-corrected chi connectivity index (χ0v) is 12.1. The highest BCUT2D eigenvalue weighted by molar-refractivity contribution is 5.75. The van der Waals surface area contributed by atoms with E-state index in [-0.39, 0.29) is 0 Å². The van der Waals surface area contributed by atoms with E-state index >= 15 is 0 Å². The summed E-state index contributed by atoms with van der Waals surface area (Å²) in [6, 6.07) is 8.35. The Morgan fingerprint density at radius 1 is 1.30 bits per heavy atom. The first-order valence-corrected chi connectivity index (χ1v) is 7.65. The van der Waals surface area contributed by atoms with E-state index in [1.165, 1.54) is 5.52 Å². The molecule has 1 aromatic carbocycles. The summed E-state index contributed by atoms with van der Waals surface area (Å²) < 4.78 is 8.28. The van der Waals surface area contributed by atoms with Gasteiger partial charge in [-0.25, -0.2) is 4.98 Å². The highest BCUT2D eigenvalue weighted by Crippen LogP contribution is 2.16. The molecule has 0 saturated carbocycles. The topological polar surface area (TPSA) is 39.1 Å². The molecule has 0 aliphatic carbocycles. The summed E-state index contributed by atoms with van der Waals surface area (Å²) in [7, 11) is 0. The molecule has 0 atom stereocenters. The number of aryl methyl sites for hydroxylation is 1. The maximum Gasteiger partial charge on any atom is 0.112 e. The van der Waals surface area contributed by atoms with Crippen LogP contribution in [0.4, 0.5) is 0 Å². The zero-order chi connectivity index (χ0) is 13.8. The first-order valence-electron chi connectivity index (χ1n) is 7.65. The highest BCUT2D eigenvalue weighted by Gasteiger charge is 2.14. The molecule has 2 heterocycles. The van der Waals surface area contributed by atoms with Crippen molar-refractivity contribution in [2.24, 2.45) is 0 Å². The number of nitrogens with zero attached hydrogens (tertiary/aromatic N) is 2. The van der Waals surface area contributed by atoms with Gasteiger partial charge >= 0.3 is 0 Å². The minimum absolute atomic E-state index is 0.427. The molecule has 2 aromatic rings. The van der Waals surface area contributed by atoms with E-state index in [0.29, 0.717) is 6.10 Å². The standard InChI is InChI=1S/C16H23N3O/c1-2-19-15-6-4-3-5-14(15)18-16(19)9-12-20-13-7-10-17-11-8-13/h3-6,13,17H,2,7-12H2,1H3. The normalized spacial score (nSPS) is 16.9. The highest BCUT2D eigenvalue weighted by atomic mass is 16.5. The molecule has 4 nitrogen and oxygen atoms in total. The van der Waals surface area contributed by atoms with Crippen LogP contribution in [0.3, 0.4) is 0 Å². The lowest BCUT2D eigenvalue weighted by Crippen LogP contribution is -2.32. The predicted molar refractivity (Wildman–Crippen MR) is 81.0 cm³/mol.